The standard InChI is InChI=1S/C9H14N6/c1-2-10-11-8(1)9-14-4-12-3-13(6-14)7-15(9)5-12/h1-2,9H,3-7H2,(H,10,11). The van der Waals surface area contributed by atoms with Crippen LogP contribution in [0.15, 0.2) is 12.3 Å². The lowest BCUT2D eigenvalue weighted by Gasteiger charge is -2.60. The van der Waals surface area contributed by atoms with Crippen molar-refractivity contribution < 1.29 is 0 Å². The van der Waals surface area contributed by atoms with Gasteiger partial charge in [0.2, 0.25) is 0 Å². The summed E-state index contributed by atoms with van der Waals surface area (Å²) in [4.78, 5) is 9.87. The van der Waals surface area contributed by atoms with Gasteiger partial charge in [0.25, 0.3) is 0 Å². The zero-order chi connectivity index (χ0) is 9.83. The Morgan fingerprint density at radius 2 is 1.73 bits per heavy atom. The van der Waals surface area contributed by atoms with Crippen LogP contribution in [0.1, 0.15) is 11.9 Å². The molecule has 0 spiro atoms. The molecule has 6 heteroatoms. The minimum atomic E-state index is 0.403. The van der Waals surface area contributed by atoms with Crippen molar-refractivity contribution in [3.8, 4) is 0 Å². The first kappa shape index (κ1) is 8.23. The molecule has 0 amide bonds. The zero-order valence-corrected chi connectivity index (χ0v) is 8.50. The highest BCUT2D eigenvalue weighted by atomic mass is 15.7. The van der Waals surface area contributed by atoms with Crippen LogP contribution in [0.4, 0.5) is 0 Å². The quantitative estimate of drug-likeness (QED) is 0.667. The number of hydrogen-bond acceptors (Lipinski definition) is 5. The van der Waals surface area contributed by atoms with Crippen LogP contribution in [0.3, 0.4) is 0 Å². The number of H-pyrrole nitrogens is 1. The van der Waals surface area contributed by atoms with Gasteiger partial charge in [-0.2, -0.15) is 5.10 Å². The normalized spacial score (nSPS) is 47.3. The van der Waals surface area contributed by atoms with E-state index in [0.717, 1.165) is 33.3 Å². The van der Waals surface area contributed by atoms with Crippen LogP contribution in [0, 0.1) is 0 Å². The second-order valence-electron chi connectivity index (χ2n) is 4.61. The topological polar surface area (TPSA) is 41.6 Å². The van der Waals surface area contributed by atoms with Gasteiger partial charge in [-0.25, -0.2) is 0 Å². The van der Waals surface area contributed by atoms with Crippen molar-refractivity contribution in [1.82, 2.24) is 29.8 Å². The third kappa shape index (κ3) is 1.10. The van der Waals surface area contributed by atoms with Gasteiger partial charge in [-0.05, 0) is 6.07 Å². The van der Waals surface area contributed by atoms with Gasteiger partial charge in [0.15, 0.2) is 0 Å². The second-order valence-corrected chi connectivity index (χ2v) is 4.61. The van der Waals surface area contributed by atoms with Crippen LogP contribution >= 0.6 is 0 Å². The Morgan fingerprint density at radius 1 is 1.07 bits per heavy atom. The van der Waals surface area contributed by atoms with Crippen LogP contribution in [0.5, 0.6) is 0 Å². The Morgan fingerprint density at radius 3 is 2.27 bits per heavy atom. The monoisotopic (exact) mass is 206 g/mol. The van der Waals surface area contributed by atoms with E-state index in [9.17, 15) is 0 Å². The molecule has 0 aliphatic carbocycles. The number of rotatable bonds is 1. The maximum Gasteiger partial charge on any atom is 0.110 e. The number of nitrogens with zero attached hydrogens (tertiary/aromatic N) is 5. The molecule has 4 fully saturated rings. The molecule has 0 radical (unpaired) electrons. The first-order chi connectivity index (χ1) is 7.40. The highest BCUT2D eigenvalue weighted by Crippen LogP contribution is 2.34. The van der Waals surface area contributed by atoms with Gasteiger partial charge in [0.1, 0.15) is 6.17 Å². The van der Waals surface area contributed by atoms with Crippen molar-refractivity contribution in [1.29, 1.82) is 0 Å². The molecule has 4 bridgehead atoms. The Balaban J connectivity index is 1.71. The Hall–Kier alpha value is -0.950. The average Bonchev–Trinajstić information content (AvgIpc) is 2.69. The van der Waals surface area contributed by atoms with E-state index in [1.807, 2.05) is 6.20 Å². The highest BCUT2D eigenvalue weighted by molar-refractivity contribution is 5.07. The lowest BCUT2D eigenvalue weighted by molar-refractivity contribution is -0.234. The molecule has 0 saturated carbocycles. The van der Waals surface area contributed by atoms with E-state index in [-0.39, 0.29) is 0 Å². The van der Waals surface area contributed by atoms with E-state index in [4.69, 9.17) is 0 Å². The summed E-state index contributed by atoms with van der Waals surface area (Å²) in [7, 11) is 0. The summed E-state index contributed by atoms with van der Waals surface area (Å²) in [6.45, 7) is 5.45. The van der Waals surface area contributed by atoms with Crippen molar-refractivity contribution in [2.75, 3.05) is 33.3 Å². The van der Waals surface area contributed by atoms with Gasteiger partial charge in [-0.3, -0.25) is 24.7 Å². The predicted octanol–water partition coefficient (Wildman–Crippen LogP) is -0.555. The largest absolute Gasteiger partial charge is 0.280 e. The van der Waals surface area contributed by atoms with Gasteiger partial charge < -0.3 is 0 Å². The summed E-state index contributed by atoms with van der Waals surface area (Å²) in [6.07, 6.45) is 2.24. The van der Waals surface area contributed by atoms with E-state index in [2.05, 4.69) is 35.9 Å². The van der Waals surface area contributed by atoms with Crippen molar-refractivity contribution in [3.05, 3.63) is 18.0 Å². The summed E-state index contributed by atoms with van der Waals surface area (Å²) < 4.78 is 0. The van der Waals surface area contributed by atoms with Crippen LogP contribution < -0.4 is 0 Å². The lowest BCUT2D eigenvalue weighted by Crippen LogP contribution is -2.72. The fraction of sp³-hybridized carbons (Fsp3) is 0.667. The molecule has 4 saturated heterocycles. The zero-order valence-electron chi connectivity index (χ0n) is 8.50. The summed E-state index contributed by atoms with van der Waals surface area (Å²) in [5, 5.41) is 7.14. The Kier molecular flexibility index (Phi) is 1.53. The second kappa shape index (κ2) is 2.79. The van der Waals surface area contributed by atoms with Gasteiger partial charge in [-0.15, -0.1) is 0 Å². The van der Waals surface area contributed by atoms with Crippen LogP contribution in [-0.4, -0.2) is 63.1 Å². The van der Waals surface area contributed by atoms with E-state index in [1.165, 1.54) is 5.69 Å². The SMILES string of the molecule is c1cc(C2N3CN4CN(C3)CN2C4)[nH]n1. The Bertz CT molecular complexity index is 333. The molecular weight excluding hydrogens is 192 g/mol. The van der Waals surface area contributed by atoms with Crippen LogP contribution in [0.25, 0.3) is 0 Å². The summed E-state index contributed by atoms with van der Waals surface area (Å²) in [5.74, 6) is 0. The molecule has 1 aromatic rings. The lowest BCUT2D eigenvalue weighted by atomic mass is 10.2. The number of aromatic nitrogens is 2. The summed E-state index contributed by atoms with van der Waals surface area (Å²) in [5.41, 5.74) is 1.22. The molecule has 1 aromatic heterocycles. The molecule has 6 nitrogen and oxygen atoms in total. The first-order valence-corrected chi connectivity index (χ1v) is 5.32. The smallest absolute Gasteiger partial charge is 0.110 e. The maximum atomic E-state index is 4.05. The number of aromatic amines is 1. The van der Waals surface area contributed by atoms with E-state index in [0.29, 0.717) is 6.17 Å². The minimum absolute atomic E-state index is 0.403. The Labute approximate surface area is 88.0 Å². The third-order valence-corrected chi connectivity index (χ3v) is 3.42. The van der Waals surface area contributed by atoms with Gasteiger partial charge in [0, 0.05) is 6.20 Å². The molecule has 5 rings (SSSR count). The molecule has 1 N–H and O–H groups in total. The summed E-state index contributed by atoms with van der Waals surface area (Å²) in [6, 6.07) is 2.08. The van der Waals surface area contributed by atoms with Crippen molar-refractivity contribution in [2.24, 2.45) is 0 Å². The van der Waals surface area contributed by atoms with Crippen LogP contribution in [0.2, 0.25) is 0 Å². The molecule has 0 aromatic carbocycles. The highest BCUT2D eigenvalue weighted by Gasteiger charge is 2.44. The predicted molar refractivity (Wildman–Crippen MR) is 53.0 cm³/mol. The van der Waals surface area contributed by atoms with Gasteiger partial charge in [-0.1, -0.05) is 0 Å². The van der Waals surface area contributed by atoms with Crippen molar-refractivity contribution in [2.45, 2.75) is 6.17 Å². The summed E-state index contributed by atoms with van der Waals surface area (Å²) >= 11 is 0. The molecular formula is C9H14N6. The minimum Gasteiger partial charge on any atom is -0.280 e. The van der Waals surface area contributed by atoms with Crippen molar-refractivity contribution >= 4 is 0 Å². The molecule has 80 valence electrons. The first-order valence-electron chi connectivity index (χ1n) is 5.32. The number of nitrogens with one attached hydrogen (secondary N) is 1. The fourth-order valence-corrected chi connectivity index (χ4v) is 3.01. The number of hydrogen-bond donors (Lipinski definition) is 1. The third-order valence-electron chi connectivity index (χ3n) is 3.42. The molecule has 0 atom stereocenters. The molecule has 4 aliphatic rings. The molecule has 4 aliphatic heterocycles. The maximum absolute atomic E-state index is 4.05. The molecule has 0 unspecified atom stereocenters. The van der Waals surface area contributed by atoms with Crippen molar-refractivity contribution in [3.63, 3.8) is 0 Å². The van der Waals surface area contributed by atoms with Crippen LogP contribution in [-0.2, 0) is 0 Å². The van der Waals surface area contributed by atoms with Gasteiger partial charge >= 0.3 is 0 Å². The van der Waals surface area contributed by atoms with E-state index < -0.39 is 0 Å². The van der Waals surface area contributed by atoms with Gasteiger partial charge in [0.05, 0.1) is 39.0 Å². The molecule has 15 heavy (non-hydrogen) atoms. The molecule has 5 heterocycles. The fourth-order valence-electron chi connectivity index (χ4n) is 3.01. The van der Waals surface area contributed by atoms with E-state index >= 15 is 0 Å². The average molecular weight is 206 g/mol. The van der Waals surface area contributed by atoms with E-state index in [1.54, 1.807) is 0 Å².